The van der Waals surface area contributed by atoms with Crippen LogP contribution in [0.2, 0.25) is 0 Å². The van der Waals surface area contributed by atoms with Crippen molar-refractivity contribution in [3.63, 3.8) is 0 Å². The summed E-state index contributed by atoms with van der Waals surface area (Å²) in [6.07, 6.45) is 2.08. The molecule has 2 saturated heterocycles. The normalized spacial score (nSPS) is 32.0. The standard InChI is InChI=1S/C19H32BIN2O8P2S/c1-5-12-13(8-17(29-12)23-9-11(21)18(24)22-19(23)25)30-32(3)26-10-15-14(7-16(20)28-15)31-33(4,34)27-6-2/h9,12-17H,5-8,10,20H2,1-4H3,(H,22,24,25). The second-order valence-corrected chi connectivity index (χ2v) is 14.9. The van der Waals surface area contributed by atoms with Crippen molar-refractivity contribution in [2.45, 2.75) is 69.8 Å². The van der Waals surface area contributed by atoms with E-state index >= 15 is 0 Å². The Hall–Kier alpha value is 0.315. The summed E-state index contributed by atoms with van der Waals surface area (Å²) in [5.41, 5.74) is -0.904. The average Bonchev–Trinajstić information content (AvgIpc) is 3.31. The van der Waals surface area contributed by atoms with Gasteiger partial charge in [-0.2, -0.15) is 0 Å². The number of nitrogens with one attached hydrogen (secondary N) is 1. The Balaban J connectivity index is 1.57. The Morgan fingerprint density at radius 2 is 2.03 bits per heavy atom. The number of rotatable bonds is 11. The molecule has 10 nitrogen and oxygen atoms in total. The van der Waals surface area contributed by atoms with E-state index < -0.39 is 32.3 Å². The van der Waals surface area contributed by atoms with E-state index in [1.54, 1.807) is 0 Å². The molecule has 8 atom stereocenters. The first kappa shape index (κ1) is 28.9. The van der Waals surface area contributed by atoms with Crippen molar-refractivity contribution in [1.29, 1.82) is 0 Å². The number of hydrogen-bond acceptors (Lipinski definition) is 9. The molecule has 192 valence electrons. The number of ether oxygens (including phenoxy) is 2. The second-order valence-electron chi connectivity index (χ2n) is 8.35. The summed E-state index contributed by atoms with van der Waals surface area (Å²) in [5.74, 6) is 0. The molecule has 1 aromatic rings. The van der Waals surface area contributed by atoms with Crippen LogP contribution in [-0.2, 0) is 39.4 Å². The Morgan fingerprint density at radius 1 is 1.29 bits per heavy atom. The maximum Gasteiger partial charge on any atom is 0.330 e. The lowest BCUT2D eigenvalue weighted by Crippen LogP contribution is -2.33. The van der Waals surface area contributed by atoms with Crippen LogP contribution in [0.5, 0.6) is 0 Å². The molecule has 3 heterocycles. The molecule has 2 fully saturated rings. The molecule has 0 spiro atoms. The molecule has 8 unspecified atom stereocenters. The summed E-state index contributed by atoms with van der Waals surface area (Å²) in [5, 5.41) is 0. The highest BCUT2D eigenvalue weighted by Gasteiger charge is 2.39. The number of aromatic nitrogens is 2. The molecule has 1 N–H and O–H groups in total. The number of halogens is 1. The SMILES string of the molecule is BC1CC(OP(C)(=S)OCC)C(COP(C)OC2CC(n3cc(I)c(=O)[nH]c3=O)OC2CC)O1. The van der Waals surface area contributed by atoms with Crippen LogP contribution >= 0.6 is 37.5 Å². The molecule has 1 aromatic heterocycles. The van der Waals surface area contributed by atoms with Crippen LogP contribution < -0.4 is 11.2 Å². The zero-order valence-corrected chi connectivity index (χ0v) is 24.7. The van der Waals surface area contributed by atoms with E-state index in [9.17, 15) is 9.59 Å². The summed E-state index contributed by atoms with van der Waals surface area (Å²) in [6.45, 7) is 6.14. The molecule has 0 bridgehead atoms. The fourth-order valence-electron chi connectivity index (χ4n) is 4.11. The number of aromatic amines is 1. The van der Waals surface area contributed by atoms with Gasteiger partial charge in [-0.05, 0) is 54.2 Å². The molecule has 0 radical (unpaired) electrons. The van der Waals surface area contributed by atoms with E-state index in [0.29, 0.717) is 23.2 Å². The Kier molecular flexibility index (Phi) is 10.8. The van der Waals surface area contributed by atoms with Gasteiger partial charge in [-0.3, -0.25) is 14.3 Å². The lowest BCUT2D eigenvalue weighted by atomic mass is 9.96. The lowest BCUT2D eigenvalue weighted by molar-refractivity contribution is -0.0205. The summed E-state index contributed by atoms with van der Waals surface area (Å²) >= 11 is 7.39. The smallest absolute Gasteiger partial charge is 0.330 e. The van der Waals surface area contributed by atoms with Gasteiger partial charge in [0.05, 0.1) is 35.1 Å². The van der Waals surface area contributed by atoms with Gasteiger partial charge in [0.1, 0.15) is 20.2 Å². The van der Waals surface area contributed by atoms with Crippen LogP contribution in [-0.4, -0.2) is 74.4 Å². The third-order valence-corrected chi connectivity index (χ3v) is 9.40. The number of nitrogens with zero attached hydrogens (tertiary/aromatic N) is 1. The lowest BCUT2D eigenvalue weighted by Gasteiger charge is -2.26. The third kappa shape index (κ3) is 7.66. The van der Waals surface area contributed by atoms with Gasteiger partial charge in [0.2, 0.25) is 0 Å². The zero-order valence-electron chi connectivity index (χ0n) is 20.0. The van der Waals surface area contributed by atoms with Crippen LogP contribution in [0.1, 0.15) is 39.3 Å². The summed E-state index contributed by atoms with van der Waals surface area (Å²) in [7, 11) is 0.773. The van der Waals surface area contributed by atoms with Gasteiger partial charge in [-0.25, -0.2) is 4.79 Å². The summed E-state index contributed by atoms with van der Waals surface area (Å²) in [4.78, 5) is 26.3. The van der Waals surface area contributed by atoms with Gasteiger partial charge < -0.3 is 27.6 Å². The Labute approximate surface area is 220 Å². The number of H-pyrrole nitrogens is 1. The molecule has 3 rings (SSSR count). The minimum absolute atomic E-state index is 0.0473. The van der Waals surface area contributed by atoms with Gasteiger partial charge in [0, 0.05) is 32.0 Å². The van der Waals surface area contributed by atoms with Crippen molar-refractivity contribution in [2.75, 3.05) is 26.5 Å². The zero-order chi connectivity index (χ0) is 25.0. The first-order valence-electron chi connectivity index (χ1n) is 11.3. The third-order valence-electron chi connectivity index (χ3n) is 5.60. The van der Waals surface area contributed by atoms with Crippen LogP contribution in [0.25, 0.3) is 0 Å². The van der Waals surface area contributed by atoms with Crippen molar-refractivity contribution in [1.82, 2.24) is 9.55 Å². The largest absolute Gasteiger partial charge is 0.379 e. The van der Waals surface area contributed by atoms with Crippen molar-refractivity contribution in [3.05, 3.63) is 30.6 Å². The van der Waals surface area contributed by atoms with Crippen LogP contribution in [0.4, 0.5) is 0 Å². The highest BCUT2D eigenvalue weighted by Crippen LogP contribution is 2.48. The highest BCUT2D eigenvalue weighted by molar-refractivity contribution is 14.1. The quantitative estimate of drug-likeness (QED) is 0.220. The molecular formula is C19H32BIN2O8P2S. The maximum absolute atomic E-state index is 12.3. The maximum atomic E-state index is 12.3. The summed E-state index contributed by atoms with van der Waals surface area (Å²) < 4.78 is 37.9. The van der Waals surface area contributed by atoms with Crippen LogP contribution in [0, 0.1) is 3.57 Å². The Bertz CT molecular complexity index is 1000. The average molecular weight is 648 g/mol. The molecule has 34 heavy (non-hydrogen) atoms. The molecule has 15 heteroatoms. The van der Waals surface area contributed by atoms with Crippen molar-refractivity contribution < 1.29 is 27.6 Å². The monoisotopic (exact) mass is 648 g/mol. The van der Waals surface area contributed by atoms with Crippen LogP contribution in [0.15, 0.2) is 15.8 Å². The van der Waals surface area contributed by atoms with Gasteiger partial charge >= 0.3 is 5.69 Å². The fourth-order valence-corrected chi connectivity index (χ4v) is 7.45. The molecule has 0 saturated carbocycles. The molecule has 2 aliphatic heterocycles. The second kappa shape index (κ2) is 12.7. The van der Waals surface area contributed by atoms with Gasteiger partial charge in [-0.1, -0.05) is 6.92 Å². The van der Waals surface area contributed by atoms with E-state index in [1.165, 1.54) is 10.8 Å². The van der Waals surface area contributed by atoms with Crippen LogP contribution in [0.3, 0.4) is 0 Å². The molecule has 0 aromatic carbocycles. The van der Waals surface area contributed by atoms with Gasteiger partial charge in [0.15, 0.2) is 14.9 Å². The fraction of sp³-hybridized carbons (Fsp3) is 0.789. The molecule has 0 aliphatic carbocycles. The Morgan fingerprint density at radius 3 is 2.71 bits per heavy atom. The van der Waals surface area contributed by atoms with Crippen molar-refractivity contribution >= 4 is 57.1 Å². The van der Waals surface area contributed by atoms with E-state index in [2.05, 4.69) is 4.98 Å². The predicted molar refractivity (Wildman–Crippen MR) is 145 cm³/mol. The molecule has 2 aliphatic rings. The minimum Gasteiger partial charge on any atom is -0.379 e. The first-order chi connectivity index (χ1) is 16.0. The molecule has 0 amide bonds. The predicted octanol–water partition coefficient (Wildman–Crippen LogP) is 2.29. The molecular weight excluding hydrogens is 616 g/mol. The van der Waals surface area contributed by atoms with Crippen molar-refractivity contribution in [2.24, 2.45) is 0 Å². The van der Waals surface area contributed by atoms with E-state index in [-0.39, 0.29) is 30.4 Å². The van der Waals surface area contributed by atoms with Gasteiger partial charge in [-0.15, -0.1) is 0 Å². The summed E-state index contributed by atoms with van der Waals surface area (Å²) in [6, 6.07) is 0.0473. The first-order valence-corrected chi connectivity index (χ1v) is 17.1. The highest BCUT2D eigenvalue weighted by atomic mass is 127. The van der Waals surface area contributed by atoms with Crippen molar-refractivity contribution in [3.8, 4) is 0 Å². The van der Waals surface area contributed by atoms with E-state index in [0.717, 1.165) is 12.8 Å². The van der Waals surface area contributed by atoms with Gasteiger partial charge in [0.25, 0.3) is 5.56 Å². The van der Waals surface area contributed by atoms with E-state index in [1.807, 2.05) is 57.6 Å². The topological polar surface area (TPSA) is 110 Å². The number of hydrogen-bond donors (Lipinski definition) is 1. The van der Waals surface area contributed by atoms with E-state index in [4.69, 9.17) is 39.4 Å². The minimum atomic E-state index is -2.33.